The van der Waals surface area contributed by atoms with Gasteiger partial charge in [0.1, 0.15) is 23.0 Å². The topological polar surface area (TPSA) is 24.9 Å². The van der Waals surface area contributed by atoms with Crippen LogP contribution in [0.1, 0.15) is 11.1 Å². The average molecular weight is 683 g/mol. The molecule has 2 heterocycles. The maximum absolute atomic E-state index is 6.90. The Labute approximate surface area is 310 Å². The van der Waals surface area contributed by atoms with Gasteiger partial charge in [0.05, 0.1) is 5.69 Å². The van der Waals surface area contributed by atoms with Crippen molar-refractivity contribution in [2.75, 3.05) is 9.80 Å². The highest BCUT2D eigenvalue weighted by molar-refractivity contribution is 6.99. The van der Waals surface area contributed by atoms with Gasteiger partial charge in [0.25, 0.3) is 6.71 Å². The number of nitrogens with zero attached hydrogens (tertiary/aromatic N) is 2. The molecule has 10 rings (SSSR count). The fourth-order valence-electron chi connectivity index (χ4n) is 8.15. The van der Waals surface area contributed by atoms with Crippen LogP contribution in [0.4, 0.5) is 34.1 Å². The predicted octanol–water partition coefficient (Wildman–Crippen LogP) is 11.1. The summed E-state index contributed by atoms with van der Waals surface area (Å²) in [5.41, 5.74) is 12.2. The van der Waals surface area contributed by atoms with Crippen LogP contribution in [-0.2, 0) is 0 Å². The van der Waals surface area contributed by atoms with Crippen molar-refractivity contribution in [3.63, 3.8) is 0 Å². The first-order chi connectivity index (χ1) is 26.1. The smallest absolute Gasteiger partial charge is 0.261 e. The molecule has 0 bridgehead atoms. The molecule has 0 unspecified atom stereocenters. The summed E-state index contributed by atoms with van der Waals surface area (Å²) in [6.07, 6.45) is 0. The van der Waals surface area contributed by atoms with Gasteiger partial charge in [-0.25, -0.2) is 0 Å². The molecule has 8 aromatic carbocycles. The van der Waals surface area contributed by atoms with E-state index in [1.807, 2.05) is 6.07 Å². The Hall–Kier alpha value is -6.72. The molecule has 0 saturated carbocycles. The Morgan fingerprint density at radius 2 is 0.906 bits per heavy atom. The molecule has 0 atom stereocenters. The first kappa shape index (κ1) is 31.1. The van der Waals surface area contributed by atoms with E-state index in [-0.39, 0.29) is 6.71 Å². The Balaban J connectivity index is 1.18. The van der Waals surface area contributed by atoms with Crippen LogP contribution in [0.2, 0.25) is 0 Å². The molecule has 252 valence electrons. The van der Waals surface area contributed by atoms with Crippen molar-refractivity contribution < 1.29 is 9.47 Å². The molecule has 8 aromatic rings. The zero-order valence-corrected chi connectivity index (χ0v) is 29.5. The largest absolute Gasteiger partial charge is 0.458 e. The Kier molecular flexibility index (Phi) is 7.33. The zero-order valence-electron chi connectivity index (χ0n) is 29.5. The number of para-hydroxylation sites is 2. The normalized spacial score (nSPS) is 12.2. The lowest BCUT2D eigenvalue weighted by Gasteiger charge is -2.36. The summed E-state index contributed by atoms with van der Waals surface area (Å²) in [7, 11) is 0. The SMILES string of the molecule is Cc1cccc(N(c2cccc(C)c2)c2ccc3c(c2)Oc2cccc4c2B3c2c(cc(N(c3ccccc3)c3ccccc3)c3ccccc23)O4)c1. The van der Waals surface area contributed by atoms with Gasteiger partial charge < -0.3 is 19.3 Å². The second kappa shape index (κ2) is 12.5. The number of hydrogen-bond acceptors (Lipinski definition) is 4. The van der Waals surface area contributed by atoms with E-state index < -0.39 is 0 Å². The third-order valence-corrected chi connectivity index (χ3v) is 10.4. The molecular formula is C48H35BN2O2. The van der Waals surface area contributed by atoms with Crippen molar-refractivity contribution >= 4 is 68.0 Å². The molecule has 0 aromatic heterocycles. The number of fused-ring (bicyclic) bond motifs is 6. The summed E-state index contributed by atoms with van der Waals surface area (Å²) < 4.78 is 13.7. The number of ether oxygens (including phenoxy) is 2. The highest BCUT2D eigenvalue weighted by Crippen LogP contribution is 2.45. The summed E-state index contributed by atoms with van der Waals surface area (Å²) in [4.78, 5) is 4.64. The van der Waals surface area contributed by atoms with E-state index >= 15 is 0 Å². The van der Waals surface area contributed by atoms with Crippen molar-refractivity contribution in [1.29, 1.82) is 0 Å². The van der Waals surface area contributed by atoms with E-state index in [9.17, 15) is 0 Å². The Morgan fingerprint density at radius 3 is 1.53 bits per heavy atom. The molecule has 0 amide bonds. The van der Waals surface area contributed by atoms with Gasteiger partial charge in [0, 0.05) is 51.4 Å². The fourth-order valence-corrected chi connectivity index (χ4v) is 8.15. The fraction of sp³-hybridized carbons (Fsp3) is 0.0417. The zero-order chi connectivity index (χ0) is 35.5. The minimum absolute atomic E-state index is 0.0880. The molecule has 0 saturated heterocycles. The van der Waals surface area contributed by atoms with Gasteiger partial charge in [0.2, 0.25) is 0 Å². The molecule has 0 aliphatic carbocycles. The molecule has 0 fully saturated rings. The molecule has 2 aliphatic heterocycles. The average Bonchev–Trinajstić information content (AvgIpc) is 3.19. The lowest BCUT2D eigenvalue weighted by Crippen LogP contribution is -2.57. The minimum Gasteiger partial charge on any atom is -0.458 e. The van der Waals surface area contributed by atoms with Crippen LogP contribution in [0.3, 0.4) is 0 Å². The van der Waals surface area contributed by atoms with Crippen LogP contribution < -0.4 is 35.7 Å². The minimum atomic E-state index is -0.0880. The van der Waals surface area contributed by atoms with E-state index in [1.54, 1.807) is 0 Å². The van der Waals surface area contributed by atoms with E-state index in [0.29, 0.717) is 0 Å². The summed E-state index contributed by atoms with van der Waals surface area (Å²) in [6, 6.07) is 62.3. The molecule has 53 heavy (non-hydrogen) atoms. The van der Waals surface area contributed by atoms with Crippen LogP contribution >= 0.6 is 0 Å². The highest BCUT2D eigenvalue weighted by atomic mass is 16.5. The van der Waals surface area contributed by atoms with Crippen LogP contribution in [-0.4, -0.2) is 6.71 Å². The van der Waals surface area contributed by atoms with Crippen LogP contribution in [0.15, 0.2) is 176 Å². The molecular weight excluding hydrogens is 647 g/mol. The van der Waals surface area contributed by atoms with Gasteiger partial charge in [-0.3, -0.25) is 0 Å². The molecule has 0 N–H and O–H groups in total. The van der Waals surface area contributed by atoms with Gasteiger partial charge in [-0.05, 0) is 108 Å². The second-order valence-corrected chi connectivity index (χ2v) is 13.9. The lowest BCUT2D eigenvalue weighted by atomic mass is 9.34. The second-order valence-electron chi connectivity index (χ2n) is 13.9. The van der Waals surface area contributed by atoms with Crippen molar-refractivity contribution in [2.24, 2.45) is 0 Å². The molecule has 5 heteroatoms. The van der Waals surface area contributed by atoms with Gasteiger partial charge in [0.15, 0.2) is 0 Å². The summed E-state index contributed by atoms with van der Waals surface area (Å²) in [5.74, 6) is 3.34. The monoisotopic (exact) mass is 682 g/mol. The first-order valence-corrected chi connectivity index (χ1v) is 18.1. The Bertz CT molecular complexity index is 2590. The highest BCUT2D eigenvalue weighted by Gasteiger charge is 2.42. The third-order valence-electron chi connectivity index (χ3n) is 10.4. The van der Waals surface area contributed by atoms with E-state index in [0.717, 1.165) is 84.3 Å². The van der Waals surface area contributed by atoms with Crippen molar-refractivity contribution in [1.82, 2.24) is 0 Å². The first-order valence-electron chi connectivity index (χ1n) is 18.1. The van der Waals surface area contributed by atoms with Crippen LogP contribution in [0.5, 0.6) is 23.0 Å². The summed E-state index contributed by atoms with van der Waals surface area (Å²) in [5, 5.41) is 2.30. The van der Waals surface area contributed by atoms with E-state index in [2.05, 4.69) is 194 Å². The maximum Gasteiger partial charge on any atom is 0.261 e. The standard InChI is InChI=1S/C48H35BN2O2/c1-32-14-11-20-36(28-32)50(37-21-12-15-33(2)29-37)38-26-27-41-45(30-38)52-43-24-13-25-44-48(43)49(41)47-40-23-10-9-22-39(40)42(31-46(47)53-44)51(34-16-5-3-6-17-34)35-18-7-4-8-19-35/h3-31H,1-2H3. The van der Waals surface area contributed by atoms with Crippen molar-refractivity contribution in [3.05, 3.63) is 187 Å². The Morgan fingerprint density at radius 1 is 0.377 bits per heavy atom. The van der Waals surface area contributed by atoms with Gasteiger partial charge in [-0.1, -0.05) is 97.1 Å². The number of rotatable bonds is 6. The number of aryl methyl sites for hydroxylation is 2. The number of anilines is 6. The third kappa shape index (κ3) is 5.24. The lowest BCUT2D eigenvalue weighted by molar-refractivity contribution is 0.465. The number of benzene rings is 8. The molecule has 2 aliphatic rings. The summed E-state index contributed by atoms with van der Waals surface area (Å²) >= 11 is 0. The molecule has 0 spiro atoms. The quantitative estimate of drug-likeness (QED) is 0.163. The summed E-state index contributed by atoms with van der Waals surface area (Å²) in [6.45, 7) is 4.19. The van der Waals surface area contributed by atoms with Gasteiger partial charge in [-0.15, -0.1) is 0 Å². The van der Waals surface area contributed by atoms with Crippen LogP contribution in [0, 0.1) is 13.8 Å². The predicted molar refractivity (Wildman–Crippen MR) is 220 cm³/mol. The van der Waals surface area contributed by atoms with E-state index in [4.69, 9.17) is 9.47 Å². The molecule has 0 radical (unpaired) electrons. The van der Waals surface area contributed by atoms with Crippen molar-refractivity contribution in [3.8, 4) is 23.0 Å². The molecule has 4 nitrogen and oxygen atoms in total. The number of hydrogen-bond donors (Lipinski definition) is 0. The van der Waals surface area contributed by atoms with Crippen molar-refractivity contribution in [2.45, 2.75) is 13.8 Å². The van der Waals surface area contributed by atoms with Crippen LogP contribution in [0.25, 0.3) is 10.8 Å². The maximum atomic E-state index is 6.90. The van der Waals surface area contributed by atoms with E-state index in [1.165, 1.54) is 11.1 Å². The van der Waals surface area contributed by atoms with Gasteiger partial charge in [-0.2, -0.15) is 0 Å². The van der Waals surface area contributed by atoms with Gasteiger partial charge >= 0.3 is 0 Å².